The zero-order chi connectivity index (χ0) is 20.5. The highest BCUT2D eigenvalue weighted by Gasteiger charge is 2.27. The first-order valence-corrected chi connectivity index (χ1v) is 11.5. The van der Waals surface area contributed by atoms with E-state index in [1.165, 1.54) is 42.4 Å². The van der Waals surface area contributed by atoms with Gasteiger partial charge in [0.15, 0.2) is 0 Å². The Morgan fingerprint density at radius 1 is 1.07 bits per heavy atom. The standard InChI is InChI=1S/C26H32N2O2/c1-28(26(29)19-9-12-24(13-10-19)30-17-18-4-5-18)23-11-8-20-15-22(7-6-21(20)16-23)25-3-2-14-27-25/h6-7,9-10,12-13,15,18,23,25,27H,2-5,8,11,14,16-17H2,1H3/t23-,25?/m1/s1. The highest BCUT2D eigenvalue weighted by atomic mass is 16.5. The van der Waals surface area contributed by atoms with Crippen molar-refractivity contribution in [1.29, 1.82) is 0 Å². The second kappa shape index (κ2) is 8.43. The first kappa shape index (κ1) is 19.6. The van der Waals surface area contributed by atoms with Gasteiger partial charge < -0.3 is 15.0 Å². The molecule has 2 fully saturated rings. The molecule has 0 radical (unpaired) electrons. The topological polar surface area (TPSA) is 41.6 Å². The van der Waals surface area contributed by atoms with Crippen LogP contribution in [0.4, 0.5) is 0 Å². The minimum absolute atomic E-state index is 0.101. The SMILES string of the molecule is CN(C(=O)c1ccc(OCC2CC2)cc1)[C@@H]1CCc2cc(C3CCCN3)ccc2C1. The molecule has 5 rings (SSSR count). The Kier molecular flexibility index (Phi) is 5.51. The number of hydrogen-bond donors (Lipinski definition) is 1. The molecule has 1 N–H and O–H groups in total. The van der Waals surface area contributed by atoms with E-state index in [0.717, 1.165) is 49.6 Å². The van der Waals surface area contributed by atoms with Gasteiger partial charge in [-0.25, -0.2) is 0 Å². The van der Waals surface area contributed by atoms with Gasteiger partial charge >= 0.3 is 0 Å². The Labute approximate surface area is 179 Å². The average molecular weight is 405 g/mol. The molecule has 0 spiro atoms. The molecule has 30 heavy (non-hydrogen) atoms. The van der Waals surface area contributed by atoms with Gasteiger partial charge in [0.2, 0.25) is 0 Å². The molecule has 4 heteroatoms. The van der Waals surface area contributed by atoms with E-state index in [1.807, 2.05) is 36.2 Å². The maximum absolute atomic E-state index is 13.0. The van der Waals surface area contributed by atoms with Crippen LogP contribution in [-0.4, -0.2) is 37.0 Å². The van der Waals surface area contributed by atoms with Crippen LogP contribution in [0.3, 0.4) is 0 Å². The molecular weight excluding hydrogens is 372 g/mol. The third-order valence-corrected chi connectivity index (χ3v) is 7.05. The molecule has 0 aromatic heterocycles. The van der Waals surface area contributed by atoms with Gasteiger partial charge in [0.05, 0.1) is 6.61 Å². The van der Waals surface area contributed by atoms with E-state index in [4.69, 9.17) is 4.74 Å². The molecule has 1 heterocycles. The van der Waals surface area contributed by atoms with Crippen molar-refractivity contribution in [3.05, 3.63) is 64.7 Å². The molecule has 1 aliphatic heterocycles. The van der Waals surface area contributed by atoms with Crippen molar-refractivity contribution in [3.63, 3.8) is 0 Å². The van der Waals surface area contributed by atoms with Gasteiger partial charge in [0, 0.05) is 24.7 Å². The number of nitrogens with one attached hydrogen (secondary N) is 1. The Morgan fingerprint density at radius 3 is 2.63 bits per heavy atom. The molecule has 1 amide bonds. The monoisotopic (exact) mass is 404 g/mol. The molecule has 158 valence electrons. The highest BCUT2D eigenvalue weighted by Crippen LogP contribution is 2.31. The fourth-order valence-corrected chi connectivity index (χ4v) is 4.83. The maximum atomic E-state index is 13.0. The molecule has 1 unspecified atom stereocenters. The summed E-state index contributed by atoms with van der Waals surface area (Å²) >= 11 is 0. The summed E-state index contributed by atoms with van der Waals surface area (Å²) in [6, 6.07) is 15.4. The van der Waals surface area contributed by atoms with E-state index in [-0.39, 0.29) is 11.9 Å². The van der Waals surface area contributed by atoms with Gasteiger partial charge in [-0.2, -0.15) is 0 Å². The van der Waals surface area contributed by atoms with Crippen LogP contribution in [0.5, 0.6) is 5.75 Å². The fraction of sp³-hybridized carbons (Fsp3) is 0.500. The Bertz CT molecular complexity index is 898. The number of benzene rings is 2. The Hall–Kier alpha value is -2.33. The fourth-order valence-electron chi connectivity index (χ4n) is 4.83. The number of carbonyl (C=O) groups excluding carboxylic acids is 1. The molecule has 1 saturated heterocycles. The first-order chi connectivity index (χ1) is 14.7. The first-order valence-electron chi connectivity index (χ1n) is 11.5. The Morgan fingerprint density at radius 2 is 1.90 bits per heavy atom. The lowest BCUT2D eigenvalue weighted by Gasteiger charge is -2.33. The van der Waals surface area contributed by atoms with Crippen LogP contribution < -0.4 is 10.1 Å². The minimum atomic E-state index is 0.101. The summed E-state index contributed by atoms with van der Waals surface area (Å²) in [6.07, 6.45) is 8.09. The lowest BCUT2D eigenvalue weighted by atomic mass is 9.85. The number of hydrogen-bond acceptors (Lipinski definition) is 3. The third kappa shape index (κ3) is 4.24. The summed E-state index contributed by atoms with van der Waals surface area (Å²) in [6.45, 7) is 1.93. The van der Waals surface area contributed by atoms with Crippen molar-refractivity contribution in [2.24, 2.45) is 5.92 Å². The van der Waals surface area contributed by atoms with Crippen molar-refractivity contribution >= 4 is 5.91 Å². The predicted octanol–water partition coefficient (Wildman–Crippen LogP) is 4.53. The number of carbonyl (C=O) groups is 1. The van der Waals surface area contributed by atoms with Gasteiger partial charge in [0.1, 0.15) is 5.75 Å². The van der Waals surface area contributed by atoms with Crippen LogP contribution in [0.1, 0.15) is 65.2 Å². The molecule has 3 aliphatic rings. The van der Waals surface area contributed by atoms with E-state index in [2.05, 4.69) is 23.5 Å². The summed E-state index contributed by atoms with van der Waals surface area (Å²) in [5.74, 6) is 1.70. The van der Waals surface area contributed by atoms with Crippen LogP contribution in [0.2, 0.25) is 0 Å². The highest BCUT2D eigenvalue weighted by molar-refractivity contribution is 5.94. The minimum Gasteiger partial charge on any atom is -0.493 e. The summed E-state index contributed by atoms with van der Waals surface area (Å²) in [5.41, 5.74) is 5.04. The van der Waals surface area contributed by atoms with Gasteiger partial charge in [-0.3, -0.25) is 4.79 Å². The number of rotatable bonds is 6. The van der Waals surface area contributed by atoms with Gasteiger partial charge in [0.25, 0.3) is 5.91 Å². The van der Waals surface area contributed by atoms with Crippen molar-refractivity contribution in [2.75, 3.05) is 20.2 Å². The number of aryl methyl sites for hydroxylation is 1. The summed E-state index contributed by atoms with van der Waals surface area (Å²) in [5, 5.41) is 3.60. The van der Waals surface area contributed by atoms with E-state index < -0.39 is 0 Å². The number of ether oxygens (including phenoxy) is 1. The molecule has 0 bridgehead atoms. The average Bonchev–Trinajstić information content (AvgIpc) is 3.46. The van der Waals surface area contributed by atoms with Crippen molar-refractivity contribution < 1.29 is 9.53 Å². The zero-order valence-corrected chi connectivity index (χ0v) is 17.9. The van der Waals surface area contributed by atoms with Crippen LogP contribution in [0, 0.1) is 5.92 Å². The van der Waals surface area contributed by atoms with E-state index >= 15 is 0 Å². The van der Waals surface area contributed by atoms with Crippen LogP contribution in [0.15, 0.2) is 42.5 Å². The quantitative estimate of drug-likeness (QED) is 0.769. The van der Waals surface area contributed by atoms with Gasteiger partial charge in [-0.1, -0.05) is 18.2 Å². The van der Waals surface area contributed by atoms with Crippen molar-refractivity contribution in [2.45, 2.75) is 57.0 Å². The zero-order valence-electron chi connectivity index (χ0n) is 17.9. The van der Waals surface area contributed by atoms with E-state index in [9.17, 15) is 4.79 Å². The molecule has 2 aromatic rings. The number of fused-ring (bicyclic) bond motifs is 1. The molecular formula is C26H32N2O2. The van der Waals surface area contributed by atoms with Crippen LogP contribution >= 0.6 is 0 Å². The second-order valence-corrected chi connectivity index (χ2v) is 9.27. The summed E-state index contributed by atoms with van der Waals surface area (Å²) in [4.78, 5) is 15.0. The van der Waals surface area contributed by atoms with Gasteiger partial charge in [-0.15, -0.1) is 0 Å². The smallest absolute Gasteiger partial charge is 0.253 e. The summed E-state index contributed by atoms with van der Waals surface area (Å²) < 4.78 is 5.80. The largest absolute Gasteiger partial charge is 0.493 e. The van der Waals surface area contributed by atoms with E-state index in [1.54, 1.807) is 0 Å². The second-order valence-electron chi connectivity index (χ2n) is 9.27. The number of amides is 1. The molecule has 4 nitrogen and oxygen atoms in total. The predicted molar refractivity (Wildman–Crippen MR) is 119 cm³/mol. The third-order valence-electron chi connectivity index (χ3n) is 7.05. The normalized spacial score (nSPS) is 23.1. The summed E-state index contributed by atoms with van der Waals surface area (Å²) in [7, 11) is 1.95. The number of nitrogens with zero attached hydrogens (tertiary/aromatic N) is 1. The van der Waals surface area contributed by atoms with Crippen LogP contribution in [0.25, 0.3) is 0 Å². The molecule has 1 saturated carbocycles. The molecule has 2 aliphatic carbocycles. The lowest BCUT2D eigenvalue weighted by molar-refractivity contribution is 0.0719. The van der Waals surface area contributed by atoms with Crippen LogP contribution in [-0.2, 0) is 12.8 Å². The van der Waals surface area contributed by atoms with E-state index in [0.29, 0.717) is 6.04 Å². The van der Waals surface area contributed by atoms with Gasteiger partial charge in [-0.05, 0) is 98.4 Å². The number of likely N-dealkylation sites (N-methyl/N-ethyl adjacent to an activating group) is 1. The Balaban J connectivity index is 1.22. The lowest BCUT2D eigenvalue weighted by Crippen LogP contribution is -2.40. The molecule has 2 atom stereocenters. The maximum Gasteiger partial charge on any atom is 0.253 e. The van der Waals surface area contributed by atoms with Crippen molar-refractivity contribution in [1.82, 2.24) is 10.2 Å². The molecule has 2 aromatic carbocycles. The van der Waals surface area contributed by atoms with Crippen molar-refractivity contribution in [3.8, 4) is 5.75 Å².